The van der Waals surface area contributed by atoms with E-state index in [-0.39, 0.29) is 37.6 Å². The molecule has 0 radical (unpaired) electrons. The van der Waals surface area contributed by atoms with Gasteiger partial charge in [0.2, 0.25) is 12.0 Å². The van der Waals surface area contributed by atoms with Crippen LogP contribution in [0.1, 0.15) is 58.8 Å². The maximum Gasteiger partial charge on any atom is 0.346 e. The van der Waals surface area contributed by atoms with Crippen LogP contribution >= 0.6 is 0 Å². The van der Waals surface area contributed by atoms with Crippen molar-refractivity contribution >= 4 is 29.8 Å². The smallest absolute Gasteiger partial charge is 0.346 e. The summed E-state index contributed by atoms with van der Waals surface area (Å²) in [5.74, 6) is -4.79. The number of hydrogen-bond acceptors (Lipinski definition) is 9. The molecule has 0 aromatic carbocycles. The topological polar surface area (TPSA) is 188 Å². The predicted molar refractivity (Wildman–Crippen MR) is 108 cm³/mol. The summed E-state index contributed by atoms with van der Waals surface area (Å²) in [7, 11) is 0. The van der Waals surface area contributed by atoms with E-state index in [2.05, 4.69) is 5.32 Å². The Morgan fingerprint density at radius 2 is 1.71 bits per heavy atom. The highest BCUT2D eigenvalue weighted by Gasteiger charge is 2.32. The number of esters is 3. The minimum atomic E-state index is -1.48. The first kappa shape index (κ1) is 26.5. The standard InChI is InChI=1S/C20H33N3O8/c1-11(2)9-14(20(29)31-19(28)13(21)7-8-16(22)24)23-10-15(17(25)26)30-18(27)12-5-3-4-6-12/h11-15,23H,3-10,21H2,1-2H3,(H2,22,24)(H,25,26)/t13-,14-,15?/m0/s1. The first-order chi connectivity index (χ1) is 14.5. The zero-order valence-electron chi connectivity index (χ0n) is 18.0. The average Bonchev–Trinajstić information content (AvgIpc) is 3.22. The Morgan fingerprint density at radius 1 is 1.10 bits per heavy atom. The number of rotatable bonds is 13. The number of nitrogens with two attached hydrogens (primary N) is 2. The van der Waals surface area contributed by atoms with Crippen molar-refractivity contribution in [2.45, 2.75) is 77.0 Å². The van der Waals surface area contributed by atoms with Crippen molar-refractivity contribution < 1.29 is 38.6 Å². The number of carbonyl (C=O) groups is 5. The third-order valence-corrected chi connectivity index (χ3v) is 4.97. The molecule has 0 aromatic rings. The van der Waals surface area contributed by atoms with Crippen LogP contribution in [-0.2, 0) is 33.4 Å². The van der Waals surface area contributed by atoms with Gasteiger partial charge in [-0.05, 0) is 31.6 Å². The zero-order chi connectivity index (χ0) is 23.6. The summed E-state index contributed by atoms with van der Waals surface area (Å²) in [5, 5.41) is 12.1. The van der Waals surface area contributed by atoms with Crippen LogP contribution in [0.15, 0.2) is 0 Å². The number of carboxylic acids is 1. The Morgan fingerprint density at radius 3 is 2.23 bits per heavy atom. The van der Waals surface area contributed by atoms with Gasteiger partial charge in [-0.15, -0.1) is 0 Å². The molecule has 6 N–H and O–H groups in total. The number of hydrogen-bond donors (Lipinski definition) is 4. The Balaban J connectivity index is 2.68. The molecule has 1 fully saturated rings. The minimum absolute atomic E-state index is 0.00741. The molecule has 176 valence electrons. The molecule has 1 aliphatic rings. The summed E-state index contributed by atoms with van der Waals surface area (Å²) >= 11 is 0. The molecule has 1 aliphatic carbocycles. The van der Waals surface area contributed by atoms with Crippen molar-refractivity contribution in [1.29, 1.82) is 0 Å². The van der Waals surface area contributed by atoms with Gasteiger partial charge in [-0.1, -0.05) is 26.7 Å². The number of carboxylic acid groups (broad SMARTS) is 1. The number of primary amides is 1. The number of aliphatic carboxylic acids is 1. The molecule has 0 aromatic heterocycles. The van der Waals surface area contributed by atoms with E-state index in [9.17, 15) is 29.1 Å². The molecule has 0 saturated heterocycles. The molecule has 3 atom stereocenters. The highest BCUT2D eigenvalue weighted by Crippen LogP contribution is 2.26. The molecule has 1 saturated carbocycles. The minimum Gasteiger partial charge on any atom is -0.478 e. The maximum absolute atomic E-state index is 12.4. The summed E-state index contributed by atoms with van der Waals surface area (Å²) in [6.07, 6.45) is 1.68. The number of amides is 1. The normalized spacial score (nSPS) is 17.0. The van der Waals surface area contributed by atoms with E-state index in [4.69, 9.17) is 20.9 Å². The van der Waals surface area contributed by atoms with Gasteiger partial charge in [0.1, 0.15) is 12.1 Å². The maximum atomic E-state index is 12.4. The lowest BCUT2D eigenvalue weighted by Gasteiger charge is -2.22. The summed E-state index contributed by atoms with van der Waals surface area (Å²) in [5.41, 5.74) is 10.6. The molecule has 0 bridgehead atoms. The third-order valence-electron chi connectivity index (χ3n) is 4.97. The largest absolute Gasteiger partial charge is 0.478 e. The molecule has 1 rings (SSSR count). The van der Waals surface area contributed by atoms with Crippen molar-refractivity contribution in [3.63, 3.8) is 0 Å². The summed E-state index contributed by atoms with van der Waals surface area (Å²) in [4.78, 5) is 58.9. The quantitative estimate of drug-likeness (QED) is 0.220. The van der Waals surface area contributed by atoms with Crippen molar-refractivity contribution in [1.82, 2.24) is 5.32 Å². The molecular weight excluding hydrogens is 410 g/mol. The highest BCUT2D eigenvalue weighted by atomic mass is 16.6. The van der Waals surface area contributed by atoms with E-state index in [1.807, 2.05) is 13.8 Å². The molecule has 0 heterocycles. The van der Waals surface area contributed by atoms with E-state index in [0.29, 0.717) is 12.8 Å². The van der Waals surface area contributed by atoms with Gasteiger partial charge in [-0.2, -0.15) is 0 Å². The fourth-order valence-electron chi connectivity index (χ4n) is 3.22. The van der Waals surface area contributed by atoms with Crippen LogP contribution in [0.25, 0.3) is 0 Å². The first-order valence-electron chi connectivity index (χ1n) is 10.5. The van der Waals surface area contributed by atoms with Crippen LogP contribution < -0.4 is 16.8 Å². The summed E-state index contributed by atoms with van der Waals surface area (Å²) in [6, 6.07) is -2.21. The molecular formula is C20H33N3O8. The second-order valence-corrected chi connectivity index (χ2v) is 8.19. The lowest BCUT2D eigenvalue weighted by atomic mass is 10.0. The Bertz CT molecular complexity index is 661. The van der Waals surface area contributed by atoms with Crippen LogP contribution in [0.4, 0.5) is 0 Å². The van der Waals surface area contributed by atoms with E-state index in [0.717, 1.165) is 12.8 Å². The molecule has 0 spiro atoms. The molecule has 31 heavy (non-hydrogen) atoms. The third kappa shape index (κ3) is 9.88. The van der Waals surface area contributed by atoms with Gasteiger partial charge in [0, 0.05) is 13.0 Å². The predicted octanol–water partition coefficient (Wildman–Crippen LogP) is -0.160. The van der Waals surface area contributed by atoms with E-state index < -0.39 is 48.0 Å². The lowest BCUT2D eigenvalue weighted by molar-refractivity contribution is -0.167. The van der Waals surface area contributed by atoms with Gasteiger partial charge in [0.25, 0.3) is 0 Å². The molecule has 11 heteroatoms. The second kappa shape index (κ2) is 13.0. The van der Waals surface area contributed by atoms with Crippen LogP contribution in [-0.4, -0.2) is 59.6 Å². The van der Waals surface area contributed by atoms with Crippen molar-refractivity contribution in [2.75, 3.05) is 6.54 Å². The fourth-order valence-corrected chi connectivity index (χ4v) is 3.22. The Kier molecular flexibility index (Phi) is 11.1. The molecule has 1 unspecified atom stereocenters. The Labute approximate surface area is 181 Å². The summed E-state index contributed by atoms with van der Waals surface area (Å²) < 4.78 is 9.91. The Hall–Kier alpha value is -2.53. The van der Waals surface area contributed by atoms with E-state index in [1.54, 1.807) is 0 Å². The first-order valence-corrected chi connectivity index (χ1v) is 10.5. The van der Waals surface area contributed by atoms with Crippen molar-refractivity contribution in [3.05, 3.63) is 0 Å². The van der Waals surface area contributed by atoms with Crippen molar-refractivity contribution in [3.8, 4) is 0 Å². The van der Waals surface area contributed by atoms with Gasteiger partial charge < -0.3 is 31.4 Å². The molecule has 0 aliphatic heterocycles. The van der Waals surface area contributed by atoms with Crippen LogP contribution in [0.2, 0.25) is 0 Å². The van der Waals surface area contributed by atoms with Gasteiger partial charge in [0.05, 0.1) is 5.92 Å². The highest BCUT2D eigenvalue weighted by molar-refractivity contribution is 5.91. The van der Waals surface area contributed by atoms with Crippen LogP contribution in [0.5, 0.6) is 0 Å². The SMILES string of the molecule is CC(C)C[C@H](NCC(OC(=O)C1CCCC1)C(=O)O)C(=O)OC(=O)[C@@H](N)CCC(N)=O. The average molecular weight is 443 g/mol. The van der Waals surface area contributed by atoms with Crippen LogP contribution in [0, 0.1) is 11.8 Å². The number of ether oxygens (including phenoxy) is 2. The van der Waals surface area contributed by atoms with Gasteiger partial charge in [-0.25, -0.2) is 14.4 Å². The van der Waals surface area contributed by atoms with Gasteiger partial charge >= 0.3 is 23.9 Å². The number of carbonyl (C=O) groups excluding carboxylic acids is 4. The van der Waals surface area contributed by atoms with E-state index in [1.165, 1.54) is 0 Å². The van der Waals surface area contributed by atoms with Crippen LogP contribution in [0.3, 0.4) is 0 Å². The van der Waals surface area contributed by atoms with Crippen molar-refractivity contribution in [2.24, 2.45) is 23.3 Å². The molecule has 1 amide bonds. The fraction of sp³-hybridized carbons (Fsp3) is 0.750. The number of nitrogens with one attached hydrogen (secondary N) is 1. The second-order valence-electron chi connectivity index (χ2n) is 8.19. The zero-order valence-corrected chi connectivity index (χ0v) is 18.0. The summed E-state index contributed by atoms with van der Waals surface area (Å²) in [6.45, 7) is 3.33. The monoisotopic (exact) mass is 443 g/mol. The van der Waals surface area contributed by atoms with E-state index >= 15 is 0 Å². The van der Waals surface area contributed by atoms with Gasteiger partial charge in [-0.3, -0.25) is 9.59 Å². The van der Waals surface area contributed by atoms with Gasteiger partial charge in [0.15, 0.2) is 0 Å². The lowest BCUT2D eigenvalue weighted by Crippen LogP contribution is -2.47. The molecule has 11 nitrogen and oxygen atoms in total.